The van der Waals surface area contributed by atoms with Crippen LogP contribution in [0, 0.1) is 0 Å². The van der Waals surface area contributed by atoms with E-state index in [4.69, 9.17) is 19.9 Å². The summed E-state index contributed by atoms with van der Waals surface area (Å²) in [6.45, 7) is 2.47. The predicted octanol–water partition coefficient (Wildman–Crippen LogP) is 3.10. The zero-order valence-corrected chi connectivity index (χ0v) is 13.3. The standard InChI is InChI=1S/C16H23NO3S/c1-18-12-2-3-14(17)15(10-12)21-13-4-7-20-16(11-13)5-8-19-9-6-16/h2-3,10,13H,4-9,11,17H2,1H3. The lowest BCUT2D eigenvalue weighted by Crippen LogP contribution is -2.45. The average molecular weight is 309 g/mol. The second-order valence-corrected chi connectivity index (χ2v) is 7.12. The number of anilines is 1. The first-order valence-electron chi connectivity index (χ1n) is 7.53. The van der Waals surface area contributed by atoms with Crippen molar-refractivity contribution in [2.45, 2.75) is 41.4 Å². The van der Waals surface area contributed by atoms with E-state index in [0.717, 1.165) is 61.8 Å². The lowest BCUT2D eigenvalue weighted by molar-refractivity contribution is -0.131. The van der Waals surface area contributed by atoms with Gasteiger partial charge in [0, 0.05) is 35.7 Å². The highest BCUT2D eigenvalue weighted by Gasteiger charge is 2.39. The van der Waals surface area contributed by atoms with Crippen LogP contribution in [0.25, 0.3) is 0 Å². The molecule has 116 valence electrons. The van der Waals surface area contributed by atoms with Gasteiger partial charge in [0.1, 0.15) is 5.75 Å². The summed E-state index contributed by atoms with van der Waals surface area (Å²) >= 11 is 1.86. The summed E-state index contributed by atoms with van der Waals surface area (Å²) in [5.74, 6) is 0.861. The van der Waals surface area contributed by atoms with Crippen LogP contribution in [0.3, 0.4) is 0 Å². The normalized spacial score (nSPS) is 24.9. The molecule has 5 heteroatoms. The predicted molar refractivity (Wildman–Crippen MR) is 85.0 cm³/mol. The number of rotatable bonds is 3. The summed E-state index contributed by atoms with van der Waals surface area (Å²) in [7, 11) is 1.69. The second kappa shape index (κ2) is 6.46. The fraction of sp³-hybridized carbons (Fsp3) is 0.625. The van der Waals surface area contributed by atoms with Crippen molar-refractivity contribution < 1.29 is 14.2 Å². The minimum absolute atomic E-state index is 0.0296. The number of nitrogen functional groups attached to an aromatic ring is 1. The first-order valence-corrected chi connectivity index (χ1v) is 8.41. The Labute approximate surface area is 130 Å². The fourth-order valence-corrected chi connectivity index (χ4v) is 4.45. The molecule has 1 aromatic rings. The van der Waals surface area contributed by atoms with Gasteiger partial charge >= 0.3 is 0 Å². The van der Waals surface area contributed by atoms with Crippen molar-refractivity contribution in [3.8, 4) is 5.75 Å². The van der Waals surface area contributed by atoms with E-state index in [1.165, 1.54) is 0 Å². The van der Waals surface area contributed by atoms with E-state index < -0.39 is 0 Å². The number of thioether (sulfide) groups is 1. The van der Waals surface area contributed by atoms with Crippen LogP contribution in [0.5, 0.6) is 5.75 Å². The Morgan fingerprint density at radius 2 is 2.10 bits per heavy atom. The van der Waals surface area contributed by atoms with Crippen LogP contribution >= 0.6 is 11.8 Å². The third-order valence-electron chi connectivity index (χ3n) is 4.37. The zero-order chi connectivity index (χ0) is 14.7. The highest BCUT2D eigenvalue weighted by Crippen LogP contribution is 2.42. The molecule has 0 aliphatic carbocycles. The van der Waals surface area contributed by atoms with Gasteiger partial charge < -0.3 is 19.9 Å². The molecule has 1 unspecified atom stereocenters. The summed E-state index contributed by atoms with van der Waals surface area (Å²) in [4.78, 5) is 1.11. The van der Waals surface area contributed by atoms with Crippen LogP contribution in [0.15, 0.2) is 23.1 Å². The summed E-state index contributed by atoms with van der Waals surface area (Å²) in [5.41, 5.74) is 6.96. The van der Waals surface area contributed by atoms with Crippen molar-refractivity contribution in [1.29, 1.82) is 0 Å². The van der Waals surface area contributed by atoms with Crippen LogP contribution in [0.2, 0.25) is 0 Å². The van der Waals surface area contributed by atoms with Crippen molar-refractivity contribution in [3.63, 3.8) is 0 Å². The number of methoxy groups -OCH3 is 1. The topological polar surface area (TPSA) is 53.7 Å². The van der Waals surface area contributed by atoms with E-state index in [9.17, 15) is 0 Å². The van der Waals surface area contributed by atoms with Gasteiger partial charge in [0.2, 0.25) is 0 Å². The molecule has 0 bridgehead atoms. The molecule has 2 fully saturated rings. The van der Waals surface area contributed by atoms with Gasteiger partial charge in [0.05, 0.1) is 12.7 Å². The molecule has 0 amide bonds. The molecule has 1 atom stereocenters. The van der Waals surface area contributed by atoms with Crippen molar-refractivity contribution in [1.82, 2.24) is 0 Å². The van der Waals surface area contributed by atoms with Gasteiger partial charge in [-0.1, -0.05) is 0 Å². The molecule has 2 heterocycles. The highest BCUT2D eigenvalue weighted by atomic mass is 32.2. The average Bonchev–Trinajstić information content (AvgIpc) is 2.50. The number of ether oxygens (including phenoxy) is 3. The summed E-state index contributed by atoms with van der Waals surface area (Å²) in [6, 6.07) is 5.86. The van der Waals surface area contributed by atoms with Crippen molar-refractivity contribution in [2.75, 3.05) is 32.7 Å². The Morgan fingerprint density at radius 1 is 1.29 bits per heavy atom. The number of hydrogen-bond donors (Lipinski definition) is 1. The van der Waals surface area contributed by atoms with E-state index in [1.54, 1.807) is 7.11 Å². The van der Waals surface area contributed by atoms with Crippen LogP contribution in [-0.2, 0) is 9.47 Å². The molecule has 4 nitrogen and oxygen atoms in total. The molecule has 21 heavy (non-hydrogen) atoms. The van der Waals surface area contributed by atoms with E-state index in [-0.39, 0.29) is 5.60 Å². The van der Waals surface area contributed by atoms with Crippen LogP contribution in [-0.4, -0.2) is 37.8 Å². The first kappa shape index (κ1) is 15.0. The maximum atomic E-state index is 6.10. The minimum Gasteiger partial charge on any atom is -0.497 e. The number of hydrogen-bond acceptors (Lipinski definition) is 5. The van der Waals surface area contributed by atoms with Gasteiger partial charge in [-0.05, 0) is 43.9 Å². The molecule has 1 spiro atoms. The maximum Gasteiger partial charge on any atom is 0.120 e. The Morgan fingerprint density at radius 3 is 2.86 bits per heavy atom. The molecular weight excluding hydrogens is 286 g/mol. The molecule has 2 saturated heterocycles. The van der Waals surface area contributed by atoms with Crippen molar-refractivity contribution >= 4 is 17.4 Å². The van der Waals surface area contributed by atoms with Gasteiger partial charge in [-0.15, -0.1) is 11.8 Å². The molecule has 0 radical (unpaired) electrons. The van der Waals surface area contributed by atoms with Crippen molar-refractivity contribution in [3.05, 3.63) is 18.2 Å². The minimum atomic E-state index is 0.0296. The van der Waals surface area contributed by atoms with Gasteiger partial charge in [0.15, 0.2) is 0 Å². The molecule has 3 rings (SSSR count). The third-order valence-corrected chi connectivity index (χ3v) is 5.71. The van der Waals surface area contributed by atoms with Crippen LogP contribution in [0.1, 0.15) is 25.7 Å². The third kappa shape index (κ3) is 3.47. The van der Waals surface area contributed by atoms with Crippen LogP contribution in [0.4, 0.5) is 5.69 Å². The van der Waals surface area contributed by atoms with Gasteiger partial charge in [-0.25, -0.2) is 0 Å². The van der Waals surface area contributed by atoms with Gasteiger partial charge in [-0.2, -0.15) is 0 Å². The van der Waals surface area contributed by atoms with Gasteiger partial charge in [-0.3, -0.25) is 0 Å². The van der Waals surface area contributed by atoms with Crippen molar-refractivity contribution in [2.24, 2.45) is 0 Å². The molecule has 2 aliphatic heterocycles. The number of benzene rings is 1. The van der Waals surface area contributed by atoms with E-state index >= 15 is 0 Å². The van der Waals surface area contributed by atoms with E-state index in [1.807, 2.05) is 30.0 Å². The molecule has 2 aliphatic rings. The molecule has 1 aromatic carbocycles. The lowest BCUT2D eigenvalue weighted by Gasteiger charge is -2.43. The highest BCUT2D eigenvalue weighted by molar-refractivity contribution is 8.00. The summed E-state index contributed by atoms with van der Waals surface area (Å²) in [6.07, 6.45) is 4.18. The monoisotopic (exact) mass is 309 g/mol. The zero-order valence-electron chi connectivity index (χ0n) is 12.5. The van der Waals surface area contributed by atoms with Crippen LogP contribution < -0.4 is 10.5 Å². The SMILES string of the molecule is COc1ccc(N)c(SC2CCOC3(CCOCC3)C2)c1. The van der Waals surface area contributed by atoms with E-state index in [0.29, 0.717) is 5.25 Å². The maximum absolute atomic E-state index is 6.10. The Balaban J connectivity index is 1.69. The Bertz CT molecular complexity index is 483. The molecule has 2 N–H and O–H groups in total. The Kier molecular flexibility index (Phi) is 4.62. The quantitative estimate of drug-likeness (QED) is 0.870. The molecule has 0 saturated carbocycles. The first-order chi connectivity index (χ1) is 10.2. The van der Waals surface area contributed by atoms with E-state index in [2.05, 4.69) is 0 Å². The lowest BCUT2D eigenvalue weighted by atomic mass is 9.86. The summed E-state index contributed by atoms with van der Waals surface area (Å²) < 4.78 is 16.9. The Hall–Kier alpha value is -0.910. The van der Waals surface area contributed by atoms with Gasteiger partial charge in [0.25, 0.3) is 0 Å². The molecular formula is C16H23NO3S. The molecule has 0 aromatic heterocycles. The number of nitrogens with two attached hydrogens (primary N) is 1. The smallest absolute Gasteiger partial charge is 0.120 e. The fourth-order valence-electron chi connectivity index (χ4n) is 3.10. The summed E-state index contributed by atoms with van der Waals surface area (Å²) in [5, 5.41) is 0.547. The second-order valence-electron chi connectivity index (χ2n) is 5.78. The largest absolute Gasteiger partial charge is 0.497 e.